The lowest BCUT2D eigenvalue weighted by atomic mass is 10.00. The number of hydrogen-bond donors (Lipinski definition) is 0. The van der Waals surface area contributed by atoms with Crippen LogP contribution in [0.1, 0.15) is 30.0 Å². The highest BCUT2D eigenvalue weighted by atomic mass is 16.5. The quantitative estimate of drug-likeness (QED) is 0.827. The molecule has 0 saturated carbocycles. The molecule has 1 aliphatic heterocycles. The predicted molar refractivity (Wildman–Crippen MR) is 81.1 cm³/mol. The highest BCUT2D eigenvalue weighted by molar-refractivity contribution is 5.85. The number of carbonyl (C=O) groups is 1. The third-order valence-corrected chi connectivity index (χ3v) is 4.00. The van der Waals surface area contributed by atoms with Crippen LogP contribution in [-0.2, 0) is 16.0 Å². The van der Waals surface area contributed by atoms with E-state index in [0.29, 0.717) is 13.0 Å². The molecule has 1 heterocycles. The lowest BCUT2D eigenvalue weighted by Crippen LogP contribution is -2.46. The summed E-state index contributed by atoms with van der Waals surface area (Å²) in [6.45, 7) is 9.76. The van der Waals surface area contributed by atoms with Crippen LogP contribution in [0.4, 0.5) is 0 Å². The van der Waals surface area contributed by atoms with Crippen molar-refractivity contribution in [1.82, 2.24) is 4.90 Å². The van der Waals surface area contributed by atoms with Gasteiger partial charge in [0.2, 0.25) is 0 Å². The number of ether oxygens (including phenoxy) is 1. The summed E-state index contributed by atoms with van der Waals surface area (Å²) in [5.74, 6) is 0.203. The topological polar surface area (TPSA) is 29.5 Å². The molecule has 0 amide bonds. The predicted octanol–water partition coefficient (Wildman–Crippen LogP) is 2.53. The summed E-state index contributed by atoms with van der Waals surface area (Å²) in [7, 11) is 0. The van der Waals surface area contributed by atoms with E-state index in [0.717, 1.165) is 31.6 Å². The first-order valence-electron chi connectivity index (χ1n) is 7.53. The molecule has 0 aromatic heterocycles. The van der Waals surface area contributed by atoms with Gasteiger partial charge in [-0.3, -0.25) is 9.69 Å². The van der Waals surface area contributed by atoms with Gasteiger partial charge in [-0.05, 0) is 43.5 Å². The van der Waals surface area contributed by atoms with Crippen molar-refractivity contribution >= 4 is 5.78 Å². The molecule has 1 unspecified atom stereocenters. The van der Waals surface area contributed by atoms with Gasteiger partial charge in [0.15, 0.2) is 5.78 Å². The number of hydrogen-bond acceptors (Lipinski definition) is 3. The summed E-state index contributed by atoms with van der Waals surface area (Å²) in [6.07, 6.45) is 1.35. The van der Waals surface area contributed by atoms with Gasteiger partial charge in [-0.25, -0.2) is 0 Å². The summed E-state index contributed by atoms with van der Waals surface area (Å²) in [4.78, 5) is 14.7. The van der Waals surface area contributed by atoms with Gasteiger partial charge in [0.25, 0.3) is 0 Å². The maximum Gasteiger partial charge on any atom is 0.167 e. The van der Waals surface area contributed by atoms with Gasteiger partial charge < -0.3 is 4.74 Å². The summed E-state index contributed by atoms with van der Waals surface area (Å²) in [5.41, 5.74) is 3.60. The fraction of sp³-hybridized carbons (Fsp3) is 0.588. The second-order valence-electron chi connectivity index (χ2n) is 5.72. The number of carbonyl (C=O) groups excluding carboxylic acids is 1. The Bertz CT molecular complexity index is 468. The van der Waals surface area contributed by atoms with Gasteiger partial charge in [-0.15, -0.1) is 0 Å². The molecule has 2 rings (SSSR count). The Labute approximate surface area is 121 Å². The normalized spacial score (nSPS) is 20.1. The highest BCUT2D eigenvalue weighted by Gasteiger charge is 2.25. The van der Waals surface area contributed by atoms with Crippen molar-refractivity contribution in [2.75, 3.05) is 26.2 Å². The Hall–Kier alpha value is -1.19. The smallest absolute Gasteiger partial charge is 0.167 e. The van der Waals surface area contributed by atoms with Crippen molar-refractivity contribution in [3.05, 3.63) is 34.9 Å². The van der Waals surface area contributed by atoms with Gasteiger partial charge in [-0.1, -0.05) is 25.1 Å². The molecule has 0 radical (unpaired) electrons. The fourth-order valence-corrected chi connectivity index (χ4v) is 2.65. The zero-order chi connectivity index (χ0) is 14.5. The Morgan fingerprint density at radius 2 is 2.15 bits per heavy atom. The minimum Gasteiger partial charge on any atom is -0.368 e. The molecular weight excluding hydrogens is 250 g/mol. The van der Waals surface area contributed by atoms with E-state index in [1.807, 2.05) is 6.07 Å². The van der Waals surface area contributed by atoms with Gasteiger partial charge in [-0.2, -0.15) is 0 Å². The van der Waals surface area contributed by atoms with Gasteiger partial charge in [0.05, 0.1) is 6.61 Å². The first-order valence-corrected chi connectivity index (χ1v) is 7.53. The van der Waals surface area contributed by atoms with E-state index in [1.54, 1.807) is 0 Å². The molecule has 0 N–H and O–H groups in total. The number of Topliss-reactive ketones (excluding diaryl/α,β-unsaturated/α-hetero) is 1. The van der Waals surface area contributed by atoms with Crippen molar-refractivity contribution in [3.8, 4) is 0 Å². The zero-order valence-electron chi connectivity index (χ0n) is 12.8. The molecule has 1 fully saturated rings. The van der Waals surface area contributed by atoms with Crippen molar-refractivity contribution < 1.29 is 9.53 Å². The lowest BCUT2D eigenvalue weighted by molar-refractivity contribution is -0.135. The van der Waals surface area contributed by atoms with Crippen LogP contribution in [0.2, 0.25) is 0 Å². The van der Waals surface area contributed by atoms with E-state index in [2.05, 4.69) is 37.8 Å². The van der Waals surface area contributed by atoms with Crippen molar-refractivity contribution in [3.63, 3.8) is 0 Å². The zero-order valence-corrected chi connectivity index (χ0v) is 12.8. The molecule has 3 heteroatoms. The fourth-order valence-electron chi connectivity index (χ4n) is 2.65. The van der Waals surface area contributed by atoms with E-state index in [4.69, 9.17) is 4.74 Å². The molecule has 110 valence electrons. The van der Waals surface area contributed by atoms with Crippen LogP contribution in [0, 0.1) is 13.8 Å². The monoisotopic (exact) mass is 275 g/mol. The maximum atomic E-state index is 12.4. The molecule has 1 saturated heterocycles. The SMILES string of the molecule is CCCN1CCOC(C(=O)Cc2ccc(C)c(C)c2)C1. The van der Waals surface area contributed by atoms with Crippen molar-refractivity contribution in [1.29, 1.82) is 0 Å². The molecule has 20 heavy (non-hydrogen) atoms. The second kappa shape index (κ2) is 7.00. The Kier molecular flexibility index (Phi) is 5.32. The second-order valence-corrected chi connectivity index (χ2v) is 5.72. The third kappa shape index (κ3) is 3.90. The van der Waals surface area contributed by atoms with Crippen LogP contribution in [0.3, 0.4) is 0 Å². The number of nitrogens with zero attached hydrogens (tertiary/aromatic N) is 1. The minimum absolute atomic E-state index is 0.203. The highest BCUT2D eigenvalue weighted by Crippen LogP contribution is 2.13. The number of morpholine rings is 1. The van der Waals surface area contributed by atoms with Crippen LogP contribution >= 0.6 is 0 Å². The van der Waals surface area contributed by atoms with E-state index in [9.17, 15) is 4.79 Å². The molecule has 0 aliphatic carbocycles. The van der Waals surface area contributed by atoms with E-state index < -0.39 is 0 Å². The van der Waals surface area contributed by atoms with E-state index >= 15 is 0 Å². The first kappa shape index (κ1) is 15.2. The molecule has 1 atom stereocenters. The minimum atomic E-state index is -0.253. The van der Waals surface area contributed by atoms with Crippen LogP contribution in [-0.4, -0.2) is 43.0 Å². The standard InChI is InChI=1S/C17H25NO2/c1-4-7-18-8-9-20-17(12-18)16(19)11-15-6-5-13(2)14(3)10-15/h5-6,10,17H,4,7-9,11-12H2,1-3H3. The first-order chi connectivity index (χ1) is 9.60. The summed E-state index contributed by atoms with van der Waals surface area (Å²) < 4.78 is 5.65. The Balaban J connectivity index is 1.95. The number of aryl methyl sites for hydroxylation is 2. The third-order valence-electron chi connectivity index (χ3n) is 4.00. The molecule has 1 aromatic rings. The molecule has 1 aromatic carbocycles. The number of benzene rings is 1. The number of rotatable bonds is 5. The average molecular weight is 275 g/mol. The lowest BCUT2D eigenvalue weighted by Gasteiger charge is -2.31. The van der Waals surface area contributed by atoms with E-state index in [1.165, 1.54) is 11.1 Å². The van der Waals surface area contributed by atoms with Gasteiger partial charge in [0, 0.05) is 19.5 Å². The maximum absolute atomic E-state index is 12.4. The molecule has 0 bridgehead atoms. The van der Waals surface area contributed by atoms with Gasteiger partial charge in [0.1, 0.15) is 6.10 Å². The Morgan fingerprint density at radius 3 is 2.85 bits per heavy atom. The number of ketones is 1. The molecular formula is C17H25NO2. The summed E-state index contributed by atoms with van der Waals surface area (Å²) in [5, 5.41) is 0. The van der Waals surface area contributed by atoms with Crippen LogP contribution in [0.15, 0.2) is 18.2 Å². The van der Waals surface area contributed by atoms with Crippen molar-refractivity contribution in [2.45, 2.75) is 39.7 Å². The van der Waals surface area contributed by atoms with Crippen LogP contribution < -0.4 is 0 Å². The van der Waals surface area contributed by atoms with Crippen LogP contribution in [0.25, 0.3) is 0 Å². The average Bonchev–Trinajstić information content (AvgIpc) is 2.43. The van der Waals surface area contributed by atoms with Crippen molar-refractivity contribution in [2.24, 2.45) is 0 Å². The Morgan fingerprint density at radius 1 is 1.35 bits per heavy atom. The molecule has 1 aliphatic rings. The van der Waals surface area contributed by atoms with Gasteiger partial charge >= 0.3 is 0 Å². The van der Waals surface area contributed by atoms with E-state index in [-0.39, 0.29) is 11.9 Å². The molecule has 3 nitrogen and oxygen atoms in total. The summed E-state index contributed by atoms with van der Waals surface area (Å²) >= 11 is 0. The van der Waals surface area contributed by atoms with Crippen LogP contribution in [0.5, 0.6) is 0 Å². The molecule has 0 spiro atoms. The largest absolute Gasteiger partial charge is 0.368 e. The summed E-state index contributed by atoms with van der Waals surface area (Å²) in [6, 6.07) is 6.25.